The van der Waals surface area contributed by atoms with Gasteiger partial charge < -0.3 is 10.3 Å². The van der Waals surface area contributed by atoms with Crippen molar-refractivity contribution < 1.29 is 24.2 Å². The lowest BCUT2D eigenvalue weighted by Crippen LogP contribution is -2.24. The molecule has 0 spiro atoms. The zero-order valence-corrected chi connectivity index (χ0v) is 18.2. The first-order chi connectivity index (χ1) is 15.9. The minimum absolute atomic E-state index is 0.123. The molecule has 7 nitrogen and oxygen atoms in total. The summed E-state index contributed by atoms with van der Waals surface area (Å²) >= 11 is 0. The van der Waals surface area contributed by atoms with Crippen LogP contribution in [-0.4, -0.2) is 22.2 Å². The predicted molar refractivity (Wildman–Crippen MR) is 124 cm³/mol. The summed E-state index contributed by atoms with van der Waals surface area (Å²) in [5.74, 6) is -2.43. The molecular formula is C26H22N2O5. The fourth-order valence-electron chi connectivity index (χ4n) is 4.00. The summed E-state index contributed by atoms with van der Waals surface area (Å²) in [6.07, 6.45) is 0. The van der Waals surface area contributed by atoms with E-state index in [1.165, 1.54) is 6.92 Å². The number of nitrogens with two attached hydrogens (primary N) is 1. The van der Waals surface area contributed by atoms with E-state index in [4.69, 9.17) is 15.5 Å². The Morgan fingerprint density at radius 2 is 1.61 bits per heavy atom. The summed E-state index contributed by atoms with van der Waals surface area (Å²) in [7, 11) is 0. The number of Topliss-reactive ketones (excluding diaryl/α,β-unsaturated/α-hetero) is 1. The zero-order valence-electron chi connectivity index (χ0n) is 18.2. The van der Waals surface area contributed by atoms with E-state index in [9.17, 15) is 14.4 Å². The summed E-state index contributed by atoms with van der Waals surface area (Å²) in [6.45, 7) is 3.37. The molecule has 0 aliphatic rings. The van der Waals surface area contributed by atoms with Crippen molar-refractivity contribution >= 4 is 28.6 Å². The van der Waals surface area contributed by atoms with Crippen LogP contribution in [0.5, 0.6) is 5.75 Å². The van der Waals surface area contributed by atoms with Gasteiger partial charge in [-0.15, -0.1) is 0 Å². The lowest BCUT2D eigenvalue weighted by molar-refractivity contribution is -0.210. The average molecular weight is 442 g/mol. The van der Waals surface area contributed by atoms with Gasteiger partial charge in [0, 0.05) is 19.2 Å². The van der Waals surface area contributed by atoms with Gasteiger partial charge in [0.2, 0.25) is 0 Å². The van der Waals surface area contributed by atoms with Crippen molar-refractivity contribution in [3.05, 3.63) is 89.6 Å². The van der Waals surface area contributed by atoms with Crippen LogP contribution in [0.1, 0.15) is 28.5 Å². The summed E-state index contributed by atoms with van der Waals surface area (Å²) < 4.78 is 1.92. The minimum Gasteiger partial charge on any atom is -0.363 e. The molecule has 0 unspecified atom stereocenters. The molecule has 0 bridgehead atoms. The van der Waals surface area contributed by atoms with E-state index >= 15 is 0 Å². The van der Waals surface area contributed by atoms with Crippen LogP contribution in [0.15, 0.2) is 72.8 Å². The van der Waals surface area contributed by atoms with Gasteiger partial charge in [0.1, 0.15) is 0 Å². The Bertz CT molecular complexity index is 1370. The Morgan fingerprint density at radius 1 is 0.909 bits per heavy atom. The van der Waals surface area contributed by atoms with Crippen molar-refractivity contribution in [2.24, 2.45) is 5.73 Å². The van der Waals surface area contributed by atoms with Crippen molar-refractivity contribution in [3.63, 3.8) is 0 Å². The van der Waals surface area contributed by atoms with Crippen LogP contribution < -0.4 is 10.6 Å². The molecule has 166 valence electrons. The molecular weight excluding hydrogens is 420 g/mol. The van der Waals surface area contributed by atoms with Gasteiger partial charge in [-0.3, -0.25) is 19.4 Å². The third kappa shape index (κ3) is 4.21. The lowest BCUT2D eigenvalue weighted by atomic mass is 9.99. The quantitative estimate of drug-likeness (QED) is 0.200. The number of carbonyl (C=O) groups is 3. The summed E-state index contributed by atoms with van der Waals surface area (Å²) in [6, 6.07) is 23.1. The third-order valence-corrected chi connectivity index (χ3v) is 5.44. The molecule has 7 heteroatoms. The molecule has 0 fully saturated rings. The smallest absolute Gasteiger partial charge is 0.352 e. The van der Waals surface area contributed by atoms with Crippen LogP contribution in [0.2, 0.25) is 0 Å². The fourth-order valence-corrected chi connectivity index (χ4v) is 4.00. The Balaban J connectivity index is 1.91. The highest BCUT2D eigenvalue weighted by atomic mass is 17.2. The molecule has 3 aromatic carbocycles. The number of carbonyl (C=O) groups excluding carboxylic acids is 3. The van der Waals surface area contributed by atoms with Gasteiger partial charge in [0.15, 0.2) is 5.75 Å². The highest BCUT2D eigenvalue weighted by Gasteiger charge is 2.27. The van der Waals surface area contributed by atoms with Crippen molar-refractivity contribution in [1.82, 2.24) is 4.57 Å². The van der Waals surface area contributed by atoms with Crippen LogP contribution >= 0.6 is 0 Å². The number of hydrogen-bond acceptors (Lipinski definition) is 5. The third-order valence-electron chi connectivity index (χ3n) is 5.44. The molecule has 33 heavy (non-hydrogen) atoms. The van der Waals surface area contributed by atoms with E-state index in [2.05, 4.69) is 0 Å². The van der Waals surface area contributed by atoms with Gasteiger partial charge in [-0.25, -0.2) is 4.79 Å². The van der Waals surface area contributed by atoms with E-state index in [-0.39, 0.29) is 11.3 Å². The Hall–Kier alpha value is -4.39. The number of rotatable bonds is 7. The van der Waals surface area contributed by atoms with Gasteiger partial charge in [-0.2, -0.15) is 0 Å². The van der Waals surface area contributed by atoms with Gasteiger partial charge in [-0.1, -0.05) is 60.7 Å². The first-order valence-corrected chi connectivity index (χ1v) is 10.3. The number of aromatic nitrogens is 1. The highest BCUT2D eigenvalue weighted by molar-refractivity contribution is 6.45. The van der Waals surface area contributed by atoms with Gasteiger partial charge in [0.25, 0.3) is 11.7 Å². The molecule has 0 atom stereocenters. The molecule has 4 rings (SSSR count). The SMILES string of the molecule is CC(=O)OOc1cccc2c1c(C(=O)C(N)=O)c(C)n2Cc1ccccc1-c1ccccc1. The molecule has 1 amide bonds. The summed E-state index contributed by atoms with van der Waals surface area (Å²) in [4.78, 5) is 45.8. The minimum atomic E-state index is -1.08. The van der Waals surface area contributed by atoms with Crippen LogP contribution in [0.3, 0.4) is 0 Å². The van der Waals surface area contributed by atoms with Crippen molar-refractivity contribution in [3.8, 4) is 16.9 Å². The highest BCUT2D eigenvalue weighted by Crippen LogP contribution is 2.35. The number of nitrogens with zero attached hydrogens (tertiary/aromatic N) is 1. The molecule has 1 heterocycles. The molecule has 4 aromatic rings. The van der Waals surface area contributed by atoms with Crippen molar-refractivity contribution in [2.45, 2.75) is 20.4 Å². The second kappa shape index (κ2) is 9.00. The van der Waals surface area contributed by atoms with Crippen LogP contribution in [0, 0.1) is 6.92 Å². The Morgan fingerprint density at radius 3 is 2.30 bits per heavy atom. The van der Waals surface area contributed by atoms with Crippen LogP contribution in [-0.2, 0) is 21.0 Å². The average Bonchev–Trinajstić information content (AvgIpc) is 3.09. The van der Waals surface area contributed by atoms with E-state index in [0.717, 1.165) is 16.7 Å². The molecule has 0 aliphatic heterocycles. The second-order valence-electron chi connectivity index (χ2n) is 7.57. The number of primary amides is 1. The monoisotopic (exact) mass is 442 g/mol. The predicted octanol–water partition coefficient (Wildman–Crippen LogP) is 4.19. The van der Waals surface area contributed by atoms with E-state index in [1.807, 2.05) is 65.2 Å². The maximum Gasteiger partial charge on any atom is 0.352 e. The first kappa shape index (κ1) is 21.8. The number of fused-ring (bicyclic) bond motifs is 1. The standard InChI is InChI=1S/C26H22N2O5/c1-16-23(25(30)26(27)31)24-21(13-8-14-22(24)33-32-17(2)29)28(16)15-19-11-6-7-12-20(19)18-9-4-3-5-10-18/h3-14H,15H2,1-2H3,(H2,27,31). The second-order valence-corrected chi connectivity index (χ2v) is 7.57. The Kier molecular flexibility index (Phi) is 5.95. The Labute approximate surface area is 190 Å². The fraction of sp³-hybridized carbons (Fsp3) is 0.115. The number of benzene rings is 3. The topological polar surface area (TPSA) is 101 Å². The van der Waals surface area contributed by atoms with Crippen molar-refractivity contribution in [1.29, 1.82) is 0 Å². The molecule has 0 saturated carbocycles. The van der Waals surface area contributed by atoms with Gasteiger partial charge in [0.05, 0.1) is 16.5 Å². The molecule has 2 N–H and O–H groups in total. The molecule has 0 saturated heterocycles. The van der Waals surface area contributed by atoms with Gasteiger partial charge >= 0.3 is 5.97 Å². The molecule has 0 radical (unpaired) electrons. The van der Waals surface area contributed by atoms with Crippen LogP contribution in [0.4, 0.5) is 0 Å². The first-order valence-electron chi connectivity index (χ1n) is 10.3. The largest absolute Gasteiger partial charge is 0.363 e. The van der Waals surface area contributed by atoms with E-state index < -0.39 is 17.7 Å². The maximum atomic E-state index is 12.8. The maximum absolute atomic E-state index is 12.8. The normalized spacial score (nSPS) is 10.7. The zero-order chi connectivity index (χ0) is 23.5. The van der Waals surface area contributed by atoms with Crippen LogP contribution in [0.25, 0.3) is 22.0 Å². The number of ketones is 1. The lowest BCUT2D eigenvalue weighted by Gasteiger charge is -2.14. The van der Waals surface area contributed by atoms with E-state index in [0.29, 0.717) is 23.1 Å². The summed E-state index contributed by atoms with van der Waals surface area (Å²) in [5, 5.41) is 0.359. The summed E-state index contributed by atoms with van der Waals surface area (Å²) in [5.41, 5.74) is 9.79. The van der Waals surface area contributed by atoms with Gasteiger partial charge in [-0.05, 0) is 35.7 Å². The number of hydrogen-bond donors (Lipinski definition) is 1. The molecule has 1 aromatic heterocycles. The number of amides is 1. The van der Waals surface area contributed by atoms with Crippen molar-refractivity contribution in [2.75, 3.05) is 0 Å². The molecule has 0 aliphatic carbocycles. The van der Waals surface area contributed by atoms with E-state index in [1.54, 1.807) is 19.1 Å².